The number of ether oxygens (including phenoxy) is 2. The predicted octanol–water partition coefficient (Wildman–Crippen LogP) is 0.239. The molecule has 1 N–H and O–H groups in total. The molecule has 0 aromatic carbocycles. The lowest BCUT2D eigenvalue weighted by molar-refractivity contribution is -0.115. The highest BCUT2D eigenvalue weighted by atomic mass is 32.2. The van der Waals surface area contributed by atoms with Gasteiger partial charge in [0.2, 0.25) is 10.0 Å². The first-order valence-corrected chi connectivity index (χ1v) is 6.87. The minimum Gasteiger partial charge on any atom is -0.354 e. The number of aromatic nitrogens is 1. The molecule has 19 heavy (non-hydrogen) atoms. The normalized spacial score (nSPS) is 13.2. The standard InChI is InChI=1S/C11H15N3O4S/c1-8(11(17-2)18-3)14-19(15,16)10-5-4-9(6-12)13-7-10/h4-5,7-8,11,14H,1-3H3. The van der Waals surface area contributed by atoms with Crippen LogP contribution in [-0.4, -0.2) is 40.0 Å². The fraction of sp³-hybridized carbons (Fsp3) is 0.455. The largest absolute Gasteiger partial charge is 0.354 e. The van der Waals surface area contributed by atoms with Crippen LogP contribution in [0.15, 0.2) is 23.2 Å². The molecule has 0 fully saturated rings. The van der Waals surface area contributed by atoms with Gasteiger partial charge in [-0.15, -0.1) is 0 Å². The maximum Gasteiger partial charge on any atom is 0.242 e. The minimum atomic E-state index is -3.73. The van der Waals surface area contributed by atoms with Gasteiger partial charge in [-0.3, -0.25) is 0 Å². The number of methoxy groups -OCH3 is 2. The highest BCUT2D eigenvalue weighted by Crippen LogP contribution is 2.10. The second kappa shape index (κ2) is 6.58. The summed E-state index contributed by atoms with van der Waals surface area (Å²) in [5.41, 5.74) is 0.152. The molecule has 1 aromatic heterocycles. The molecule has 0 aliphatic carbocycles. The first-order valence-electron chi connectivity index (χ1n) is 5.38. The van der Waals surface area contributed by atoms with Gasteiger partial charge in [0.05, 0.1) is 6.04 Å². The molecule has 0 radical (unpaired) electrons. The summed E-state index contributed by atoms with van der Waals surface area (Å²) in [6.07, 6.45) is 0.434. The van der Waals surface area contributed by atoms with Crippen LogP contribution in [-0.2, 0) is 19.5 Å². The number of hydrogen-bond donors (Lipinski definition) is 1. The van der Waals surface area contributed by atoms with Gasteiger partial charge in [-0.1, -0.05) is 0 Å². The average Bonchev–Trinajstić information content (AvgIpc) is 2.39. The molecule has 0 saturated heterocycles. The summed E-state index contributed by atoms with van der Waals surface area (Å²) in [5.74, 6) is 0. The quantitative estimate of drug-likeness (QED) is 0.751. The highest BCUT2D eigenvalue weighted by molar-refractivity contribution is 7.89. The van der Waals surface area contributed by atoms with E-state index in [-0.39, 0.29) is 10.6 Å². The Kier molecular flexibility index (Phi) is 5.38. The summed E-state index contributed by atoms with van der Waals surface area (Å²) in [6, 6.07) is 3.89. The fourth-order valence-corrected chi connectivity index (χ4v) is 2.65. The lowest BCUT2D eigenvalue weighted by atomic mass is 10.3. The SMILES string of the molecule is COC(OC)C(C)NS(=O)(=O)c1ccc(C#N)nc1. The highest BCUT2D eigenvalue weighted by Gasteiger charge is 2.23. The Morgan fingerprint density at radius 1 is 1.37 bits per heavy atom. The zero-order chi connectivity index (χ0) is 14.5. The van der Waals surface area contributed by atoms with E-state index in [1.54, 1.807) is 6.92 Å². The van der Waals surface area contributed by atoms with Crippen LogP contribution in [0.1, 0.15) is 12.6 Å². The number of nitrogens with zero attached hydrogens (tertiary/aromatic N) is 2. The van der Waals surface area contributed by atoms with Crippen LogP contribution in [0.2, 0.25) is 0 Å². The van der Waals surface area contributed by atoms with Crippen molar-refractivity contribution in [2.75, 3.05) is 14.2 Å². The lowest BCUT2D eigenvalue weighted by Gasteiger charge is -2.21. The Hall–Kier alpha value is -1.53. The van der Waals surface area contributed by atoms with Crippen molar-refractivity contribution in [1.82, 2.24) is 9.71 Å². The summed E-state index contributed by atoms with van der Waals surface area (Å²) in [6.45, 7) is 1.62. The predicted molar refractivity (Wildman–Crippen MR) is 66.5 cm³/mol. The third-order valence-electron chi connectivity index (χ3n) is 2.38. The fourth-order valence-electron chi connectivity index (χ4n) is 1.48. The summed E-state index contributed by atoms with van der Waals surface area (Å²) in [4.78, 5) is 3.69. The van der Waals surface area contributed by atoms with E-state index in [0.29, 0.717) is 0 Å². The molecular formula is C11H15N3O4S. The van der Waals surface area contributed by atoms with Crippen molar-refractivity contribution in [3.8, 4) is 6.07 Å². The molecule has 8 heteroatoms. The zero-order valence-electron chi connectivity index (χ0n) is 10.8. The van der Waals surface area contributed by atoms with Crippen LogP contribution in [0.5, 0.6) is 0 Å². The second-order valence-electron chi connectivity index (χ2n) is 3.74. The molecule has 0 amide bonds. The zero-order valence-corrected chi connectivity index (χ0v) is 11.6. The molecule has 1 aromatic rings. The molecule has 1 atom stereocenters. The number of pyridine rings is 1. The Morgan fingerprint density at radius 2 is 2.00 bits per heavy atom. The molecule has 1 rings (SSSR count). The van der Waals surface area contributed by atoms with Crippen molar-refractivity contribution in [2.45, 2.75) is 24.2 Å². The van der Waals surface area contributed by atoms with Gasteiger partial charge in [0.1, 0.15) is 16.7 Å². The van der Waals surface area contributed by atoms with Crippen molar-refractivity contribution in [1.29, 1.82) is 5.26 Å². The van der Waals surface area contributed by atoms with Crippen molar-refractivity contribution in [2.24, 2.45) is 0 Å². The van der Waals surface area contributed by atoms with Crippen LogP contribution in [0.25, 0.3) is 0 Å². The van der Waals surface area contributed by atoms with Crippen molar-refractivity contribution >= 4 is 10.0 Å². The first-order chi connectivity index (χ1) is 8.94. The third-order valence-corrected chi connectivity index (χ3v) is 3.92. The Morgan fingerprint density at radius 3 is 2.42 bits per heavy atom. The second-order valence-corrected chi connectivity index (χ2v) is 5.45. The van der Waals surface area contributed by atoms with Gasteiger partial charge in [0, 0.05) is 20.4 Å². The summed E-state index contributed by atoms with van der Waals surface area (Å²) >= 11 is 0. The molecule has 1 unspecified atom stereocenters. The van der Waals surface area contributed by atoms with E-state index >= 15 is 0 Å². The van der Waals surface area contributed by atoms with E-state index in [2.05, 4.69) is 9.71 Å². The molecule has 0 spiro atoms. The maximum atomic E-state index is 12.0. The Balaban J connectivity index is 2.89. The molecule has 7 nitrogen and oxygen atoms in total. The lowest BCUT2D eigenvalue weighted by Crippen LogP contribution is -2.42. The number of sulfonamides is 1. The van der Waals surface area contributed by atoms with Gasteiger partial charge in [0.15, 0.2) is 6.29 Å². The van der Waals surface area contributed by atoms with Crippen molar-refractivity contribution in [3.63, 3.8) is 0 Å². The minimum absolute atomic E-state index is 0.0238. The van der Waals surface area contributed by atoms with E-state index in [1.165, 1.54) is 26.4 Å². The van der Waals surface area contributed by atoms with E-state index in [4.69, 9.17) is 14.7 Å². The molecule has 0 aliphatic rings. The monoisotopic (exact) mass is 285 g/mol. The van der Waals surface area contributed by atoms with Gasteiger partial charge in [-0.2, -0.15) is 5.26 Å². The van der Waals surface area contributed by atoms with Crippen LogP contribution in [0.3, 0.4) is 0 Å². The molecule has 104 valence electrons. The van der Waals surface area contributed by atoms with Gasteiger partial charge in [-0.05, 0) is 19.1 Å². The van der Waals surface area contributed by atoms with Crippen LogP contribution < -0.4 is 4.72 Å². The number of nitrogens with one attached hydrogen (secondary N) is 1. The third kappa shape index (κ3) is 3.97. The van der Waals surface area contributed by atoms with Crippen LogP contribution in [0.4, 0.5) is 0 Å². The Labute approximate surface area is 112 Å². The van der Waals surface area contributed by atoms with E-state index in [0.717, 1.165) is 6.20 Å². The molecule has 1 heterocycles. The topological polar surface area (TPSA) is 101 Å². The molecule has 0 saturated carbocycles. The number of rotatable bonds is 6. The van der Waals surface area contributed by atoms with Crippen LogP contribution >= 0.6 is 0 Å². The van der Waals surface area contributed by atoms with Gasteiger partial charge in [0.25, 0.3) is 0 Å². The van der Waals surface area contributed by atoms with Crippen molar-refractivity contribution < 1.29 is 17.9 Å². The summed E-state index contributed by atoms with van der Waals surface area (Å²) in [5, 5.41) is 8.60. The van der Waals surface area contributed by atoms with Crippen molar-refractivity contribution in [3.05, 3.63) is 24.0 Å². The molecule has 0 aliphatic heterocycles. The molecular weight excluding hydrogens is 270 g/mol. The van der Waals surface area contributed by atoms with Gasteiger partial charge < -0.3 is 9.47 Å². The van der Waals surface area contributed by atoms with E-state index in [1.807, 2.05) is 6.07 Å². The van der Waals surface area contributed by atoms with E-state index in [9.17, 15) is 8.42 Å². The van der Waals surface area contributed by atoms with Gasteiger partial charge in [-0.25, -0.2) is 18.1 Å². The van der Waals surface area contributed by atoms with Crippen LogP contribution in [0, 0.1) is 11.3 Å². The van der Waals surface area contributed by atoms with Gasteiger partial charge >= 0.3 is 0 Å². The smallest absolute Gasteiger partial charge is 0.242 e. The summed E-state index contributed by atoms with van der Waals surface area (Å²) in [7, 11) is -0.894. The summed E-state index contributed by atoms with van der Waals surface area (Å²) < 4.78 is 36.4. The van der Waals surface area contributed by atoms with E-state index < -0.39 is 22.4 Å². The first kappa shape index (κ1) is 15.5. The number of hydrogen-bond acceptors (Lipinski definition) is 6. The molecule has 0 bridgehead atoms. The average molecular weight is 285 g/mol. The number of nitriles is 1. The maximum absolute atomic E-state index is 12.0. The Bertz CT molecular complexity index is 546.